The lowest BCUT2D eigenvalue weighted by Gasteiger charge is -2.23. The first kappa shape index (κ1) is 16.9. The van der Waals surface area contributed by atoms with E-state index in [1.807, 2.05) is 6.07 Å². The Kier molecular flexibility index (Phi) is 6.05. The Morgan fingerprint density at radius 2 is 1.96 bits per heavy atom. The van der Waals surface area contributed by atoms with E-state index in [0.29, 0.717) is 42.5 Å². The molecule has 0 saturated carbocycles. The van der Waals surface area contributed by atoms with Crippen molar-refractivity contribution in [3.05, 3.63) is 47.9 Å². The van der Waals surface area contributed by atoms with Crippen LogP contribution in [-0.2, 0) is 11.3 Å². The van der Waals surface area contributed by atoms with Crippen LogP contribution >= 0.6 is 0 Å². The Labute approximate surface area is 135 Å². The highest BCUT2D eigenvalue weighted by Crippen LogP contribution is 2.31. The molecule has 6 heteroatoms. The van der Waals surface area contributed by atoms with Gasteiger partial charge in [0, 0.05) is 13.7 Å². The van der Waals surface area contributed by atoms with Crippen LogP contribution in [0, 0.1) is 0 Å². The van der Waals surface area contributed by atoms with E-state index in [-0.39, 0.29) is 5.91 Å². The maximum absolute atomic E-state index is 12.9. The third-order valence-corrected chi connectivity index (χ3v) is 3.41. The van der Waals surface area contributed by atoms with E-state index < -0.39 is 0 Å². The molecule has 0 aliphatic heterocycles. The average molecular weight is 319 g/mol. The Morgan fingerprint density at radius 1 is 1.13 bits per heavy atom. The molecule has 0 unspecified atom stereocenters. The molecule has 6 nitrogen and oxygen atoms in total. The van der Waals surface area contributed by atoms with Crippen LogP contribution < -0.4 is 9.47 Å². The Bertz CT molecular complexity index is 624. The molecule has 1 heterocycles. The minimum absolute atomic E-state index is 0.172. The zero-order chi connectivity index (χ0) is 16.7. The minimum Gasteiger partial charge on any atom is -0.493 e. The number of hydrogen-bond donors (Lipinski definition) is 0. The number of carbonyl (C=O) groups excluding carboxylic acids is 1. The van der Waals surface area contributed by atoms with Crippen molar-refractivity contribution < 1.29 is 23.4 Å². The van der Waals surface area contributed by atoms with E-state index >= 15 is 0 Å². The van der Waals surface area contributed by atoms with Crippen LogP contribution in [0.1, 0.15) is 16.1 Å². The summed E-state index contributed by atoms with van der Waals surface area (Å²) in [6, 6.07) is 8.85. The summed E-state index contributed by atoms with van der Waals surface area (Å²) in [7, 11) is 4.65. The van der Waals surface area contributed by atoms with Gasteiger partial charge in [-0.2, -0.15) is 0 Å². The highest BCUT2D eigenvalue weighted by molar-refractivity contribution is 5.97. The predicted molar refractivity (Wildman–Crippen MR) is 84.9 cm³/mol. The van der Waals surface area contributed by atoms with Gasteiger partial charge < -0.3 is 23.5 Å². The molecule has 1 amide bonds. The molecule has 0 aliphatic rings. The number of carbonyl (C=O) groups is 1. The van der Waals surface area contributed by atoms with Crippen molar-refractivity contribution in [2.75, 3.05) is 34.5 Å². The lowest BCUT2D eigenvalue weighted by atomic mass is 10.1. The third-order valence-electron chi connectivity index (χ3n) is 3.41. The number of nitrogens with zero attached hydrogens (tertiary/aromatic N) is 1. The summed E-state index contributed by atoms with van der Waals surface area (Å²) >= 11 is 0. The van der Waals surface area contributed by atoms with Crippen molar-refractivity contribution in [3.63, 3.8) is 0 Å². The first-order chi connectivity index (χ1) is 11.2. The highest BCUT2D eigenvalue weighted by atomic mass is 16.5. The second-order valence-corrected chi connectivity index (χ2v) is 4.84. The van der Waals surface area contributed by atoms with Crippen LogP contribution in [0.3, 0.4) is 0 Å². The summed E-state index contributed by atoms with van der Waals surface area (Å²) in [5.74, 6) is 1.47. The van der Waals surface area contributed by atoms with E-state index in [1.54, 1.807) is 42.5 Å². The summed E-state index contributed by atoms with van der Waals surface area (Å²) < 4.78 is 21.0. The molecule has 1 aromatic heterocycles. The maximum atomic E-state index is 12.9. The van der Waals surface area contributed by atoms with Crippen LogP contribution in [0.4, 0.5) is 0 Å². The second-order valence-electron chi connectivity index (χ2n) is 4.84. The summed E-state index contributed by atoms with van der Waals surface area (Å²) in [6.45, 7) is 1.23. The molecular weight excluding hydrogens is 298 g/mol. The molecule has 0 saturated heterocycles. The largest absolute Gasteiger partial charge is 0.493 e. The molecule has 23 heavy (non-hydrogen) atoms. The molecule has 0 N–H and O–H groups in total. The second kappa shape index (κ2) is 8.24. The van der Waals surface area contributed by atoms with Gasteiger partial charge in [0.1, 0.15) is 5.76 Å². The van der Waals surface area contributed by atoms with Crippen molar-refractivity contribution in [3.8, 4) is 11.5 Å². The van der Waals surface area contributed by atoms with Crippen molar-refractivity contribution in [2.45, 2.75) is 6.54 Å². The lowest BCUT2D eigenvalue weighted by Crippen LogP contribution is -2.33. The smallest absolute Gasteiger partial charge is 0.258 e. The van der Waals surface area contributed by atoms with Gasteiger partial charge in [-0.3, -0.25) is 4.79 Å². The Hall–Kier alpha value is -2.47. The molecule has 1 aromatic carbocycles. The van der Waals surface area contributed by atoms with Gasteiger partial charge in [-0.1, -0.05) is 6.07 Å². The van der Waals surface area contributed by atoms with E-state index in [0.717, 1.165) is 0 Å². The fraction of sp³-hybridized carbons (Fsp3) is 0.353. The van der Waals surface area contributed by atoms with E-state index in [2.05, 4.69) is 0 Å². The minimum atomic E-state index is -0.172. The van der Waals surface area contributed by atoms with E-state index in [4.69, 9.17) is 18.6 Å². The molecule has 0 fully saturated rings. The normalized spacial score (nSPS) is 10.4. The molecule has 0 aliphatic carbocycles. The third kappa shape index (κ3) is 4.04. The van der Waals surface area contributed by atoms with Crippen LogP contribution in [0.5, 0.6) is 11.5 Å². The fourth-order valence-electron chi connectivity index (χ4n) is 2.27. The summed E-state index contributed by atoms with van der Waals surface area (Å²) in [5.41, 5.74) is 0.439. The number of rotatable bonds is 8. The first-order valence-electron chi connectivity index (χ1n) is 7.22. The number of furan rings is 1. The quantitative estimate of drug-likeness (QED) is 0.748. The molecule has 0 bridgehead atoms. The van der Waals surface area contributed by atoms with Gasteiger partial charge in [-0.15, -0.1) is 0 Å². The molecule has 2 rings (SSSR count). The number of ether oxygens (including phenoxy) is 3. The number of benzene rings is 1. The summed E-state index contributed by atoms with van der Waals surface area (Å²) in [4.78, 5) is 14.6. The van der Waals surface area contributed by atoms with Gasteiger partial charge in [0.2, 0.25) is 0 Å². The first-order valence-corrected chi connectivity index (χ1v) is 7.22. The van der Waals surface area contributed by atoms with Crippen molar-refractivity contribution in [1.82, 2.24) is 4.90 Å². The zero-order valence-corrected chi connectivity index (χ0v) is 13.6. The fourth-order valence-corrected chi connectivity index (χ4v) is 2.27. The molecule has 0 spiro atoms. The summed E-state index contributed by atoms with van der Waals surface area (Å²) in [6.07, 6.45) is 1.58. The number of amides is 1. The molecule has 124 valence electrons. The van der Waals surface area contributed by atoms with Gasteiger partial charge in [-0.05, 0) is 24.3 Å². The van der Waals surface area contributed by atoms with Gasteiger partial charge in [0.25, 0.3) is 5.91 Å². The SMILES string of the molecule is COCCN(Cc1ccco1)C(=O)c1cccc(OC)c1OC. The van der Waals surface area contributed by atoms with Crippen molar-refractivity contribution >= 4 is 5.91 Å². The molecule has 2 aromatic rings. The standard InChI is InChI=1S/C17H21NO5/c1-20-11-9-18(12-13-6-5-10-23-13)17(19)14-7-4-8-15(21-2)16(14)22-3/h4-8,10H,9,11-12H2,1-3H3. The molecule has 0 atom stereocenters. The molecular formula is C17H21NO5. The van der Waals surface area contributed by atoms with Crippen LogP contribution in [-0.4, -0.2) is 45.3 Å². The zero-order valence-electron chi connectivity index (χ0n) is 13.6. The topological polar surface area (TPSA) is 61.1 Å². The monoisotopic (exact) mass is 319 g/mol. The number of hydrogen-bond acceptors (Lipinski definition) is 5. The van der Waals surface area contributed by atoms with Gasteiger partial charge in [0.05, 0.1) is 39.2 Å². The average Bonchev–Trinajstić information content (AvgIpc) is 3.10. The van der Waals surface area contributed by atoms with Crippen LogP contribution in [0.15, 0.2) is 41.0 Å². The van der Waals surface area contributed by atoms with Crippen molar-refractivity contribution in [1.29, 1.82) is 0 Å². The Balaban J connectivity index is 2.29. The van der Waals surface area contributed by atoms with Gasteiger partial charge in [-0.25, -0.2) is 0 Å². The maximum Gasteiger partial charge on any atom is 0.258 e. The van der Waals surface area contributed by atoms with Crippen LogP contribution in [0.2, 0.25) is 0 Å². The number of methoxy groups -OCH3 is 3. The highest BCUT2D eigenvalue weighted by Gasteiger charge is 2.22. The molecule has 0 radical (unpaired) electrons. The van der Waals surface area contributed by atoms with E-state index in [1.165, 1.54) is 14.2 Å². The Morgan fingerprint density at radius 3 is 2.57 bits per heavy atom. The van der Waals surface area contributed by atoms with E-state index in [9.17, 15) is 4.79 Å². The van der Waals surface area contributed by atoms with Gasteiger partial charge in [0.15, 0.2) is 11.5 Å². The predicted octanol–water partition coefficient (Wildman–Crippen LogP) is 2.59. The summed E-state index contributed by atoms with van der Waals surface area (Å²) in [5, 5.41) is 0. The van der Waals surface area contributed by atoms with Gasteiger partial charge >= 0.3 is 0 Å². The lowest BCUT2D eigenvalue weighted by molar-refractivity contribution is 0.0662. The number of para-hydroxylation sites is 1. The van der Waals surface area contributed by atoms with Crippen LogP contribution in [0.25, 0.3) is 0 Å². The van der Waals surface area contributed by atoms with Crippen molar-refractivity contribution in [2.24, 2.45) is 0 Å².